The molecule has 2 amide bonds. The number of benzene rings is 3. The fourth-order valence-corrected chi connectivity index (χ4v) is 5.76. The minimum absolute atomic E-state index is 0.0692. The molecule has 0 unspecified atom stereocenters. The van der Waals surface area contributed by atoms with Gasteiger partial charge in [0.1, 0.15) is 6.04 Å². The number of esters is 1. The number of carbonyl (C=O) groups excluding carboxylic acids is 3. The summed E-state index contributed by atoms with van der Waals surface area (Å²) in [6.45, 7) is 1.85. The van der Waals surface area contributed by atoms with Gasteiger partial charge in [0.25, 0.3) is 0 Å². The number of imidazole rings is 1. The zero-order valence-electron chi connectivity index (χ0n) is 26.5. The van der Waals surface area contributed by atoms with E-state index in [1.807, 2.05) is 52.1 Å². The van der Waals surface area contributed by atoms with Crippen molar-refractivity contribution in [3.8, 4) is 6.07 Å². The molecule has 46 heavy (non-hydrogen) atoms. The summed E-state index contributed by atoms with van der Waals surface area (Å²) in [6, 6.07) is 23.0. The summed E-state index contributed by atoms with van der Waals surface area (Å²) in [4.78, 5) is 46.7. The molecule has 4 aromatic rings. The fraction of sp³-hybridized carbons (Fsp3) is 0.343. The van der Waals surface area contributed by atoms with Crippen molar-refractivity contribution in [3.63, 3.8) is 0 Å². The van der Waals surface area contributed by atoms with Crippen molar-refractivity contribution < 1.29 is 19.1 Å². The first-order valence-corrected chi connectivity index (χ1v) is 16.5. The van der Waals surface area contributed by atoms with Crippen LogP contribution in [0.25, 0.3) is 10.8 Å². The van der Waals surface area contributed by atoms with Crippen LogP contribution in [0.15, 0.2) is 79.3 Å². The molecule has 3 aromatic carbocycles. The lowest BCUT2D eigenvalue weighted by Gasteiger charge is -2.29. The number of nitrogens with zero attached hydrogens (tertiary/aromatic N) is 5. The Balaban J connectivity index is 1.42. The van der Waals surface area contributed by atoms with Gasteiger partial charge in [-0.3, -0.25) is 14.5 Å². The molecule has 0 aliphatic carbocycles. The smallest absolute Gasteiger partial charge is 0.328 e. The van der Waals surface area contributed by atoms with Gasteiger partial charge >= 0.3 is 5.97 Å². The van der Waals surface area contributed by atoms with E-state index < -0.39 is 12.0 Å². The predicted molar refractivity (Wildman–Crippen MR) is 180 cm³/mol. The number of hydrogen-bond donors (Lipinski definition) is 1. The maximum absolute atomic E-state index is 13.5. The highest BCUT2D eigenvalue weighted by Gasteiger charge is 2.28. The molecule has 240 valence electrons. The lowest BCUT2D eigenvalue weighted by Crippen LogP contribution is -2.48. The van der Waals surface area contributed by atoms with E-state index >= 15 is 0 Å². The van der Waals surface area contributed by atoms with Gasteiger partial charge in [0.2, 0.25) is 11.8 Å². The van der Waals surface area contributed by atoms with Crippen LogP contribution in [0, 0.1) is 11.3 Å². The Kier molecular flexibility index (Phi) is 12.8. The summed E-state index contributed by atoms with van der Waals surface area (Å²) in [5.74, 6) is -0.0703. The van der Waals surface area contributed by atoms with Crippen molar-refractivity contribution in [2.45, 2.75) is 32.0 Å². The summed E-state index contributed by atoms with van der Waals surface area (Å²) < 4.78 is 6.91. The highest BCUT2D eigenvalue weighted by atomic mass is 32.2. The number of carbonyl (C=O) groups is 3. The lowest BCUT2D eigenvalue weighted by molar-refractivity contribution is -0.152. The lowest BCUT2D eigenvalue weighted by atomic mass is 10.0. The molecule has 0 fully saturated rings. The van der Waals surface area contributed by atoms with E-state index in [0.29, 0.717) is 38.2 Å². The van der Waals surface area contributed by atoms with Gasteiger partial charge in [-0.05, 0) is 52.5 Å². The Hall–Kier alpha value is -4.66. The molecule has 0 bridgehead atoms. The monoisotopic (exact) mass is 640 g/mol. The van der Waals surface area contributed by atoms with Crippen molar-refractivity contribution >= 4 is 40.3 Å². The van der Waals surface area contributed by atoms with E-state index in [0.717, 1.165) is 33.3 Å². The number of aromatic nitrogens is 2. The number of amides is 2. The van der Waals surface area contributed by atoms with Crippen LogP contribution in [-0.2, 0) is 38.6 Å². The number of fused-ring (bicyclic) bond motifs is 1. The molecule has 0 aliphatic rings. The van der Waals surface area contributed by atoms with Crippen LogP contribution in [0.2, 0.25) is 0 Å². The maximum Gasteiger partial charge on any atom is 0.328 e. The number of nitriles is 1. The molecule has 1 heterocycles. The van der Waals surface area contributed by atoms with Gasteiger partial charge in [0.15, 0.2) is 0 Å². The van der Waals surface area contributed by atoms with Crippen LogP contribution in [0.4, 0.5) is 0 Å². The van der Waals surface area contributed by atoms with E-state index in [2.05, 4.69) is 34.6 Å². The van der Waals surface area contributed by atoms with Gasteiger partial charge in [0.05, 0.1) is 38.0 Å². The van der Waals surface area contributed by atoms with Crippen molar-refractivity contribution in [2.75, 3.05) is 45.8 Å². The number of rotatable bonds is 16. The van der Waals surface area contributed by atoms with Gasteiger partial charge < -0.3 is 19.5 Å². The molecular formula is C35H40N6O4S. The molecule has 0 spiro atoms. The highest BCUT2D eigenvalue weighted by molar-refractivity contribution is 7.98. The zero-order valence-corrected chi connectivity index (χ0v) is 27.3. The molecule has 1 atom stereocenters. The van der Waals surface area contributed by atoms with E-state index in [1.165, 1.54) is 12.0 Å². The normalized spacial score (nSPS) is 11.6. The number of likely N-dealkylation sites (N-methyl/N-ethyl adjacent to an activating group) is 1. The molecule has 0 aliphatic heterocycles. The summed E-state index contributed by atoms with van der Waals surface area (Å²) in [5, 5.41) is 14.3. The number of hydrogen-bond acceptors (Lipinski definition) is 8. The maximum atomic E-state index is 13.5. The predicted octanol–water partition coefficient (Wildman–Crippen LogP) is 3.87. The second kappa shape index (κ2) is 17.1. The van der Waals surface area contributed by atoms with Crippen LogP contribution >= 0.6 is 11.8 Å². The van der Waals surface area contributed by atoms with Crippen molar-refractivity contribution in [1.82, 2.24) is 24.7 Å². The number of thioether (sulfide) groups is 1. The van der Waals surface area contributed by atoms with E-state index in [9.17, 15) is 14.4 Å². The topological polar surface area (TPSA) is 121 Å². The van der Waals surface area contributed by atoms with E-state index in [-0.39, 0.29) is 24.8 Å². The minimum Gasteiger partial charge on any atom is -0.467 e. The molecule has 11 heteroatoms. The zero-order chi connectivity index (χ0) is 32.9. The first-order chi connectivity index (χ1) is 22.3. The number of nitrogens with one attached hydrogen (secondary N) is 1. The first kappa shape index (κ1) is 34.2. The summed E-state index contributed by atoms with van der Waals surface area (Å²) in [5.41, 5.74) is 3.43. The van der Waals surface area contributed by atoms with Gasteiger partial charge in [-0.25, -0.2) is 9.78 Å². The average molecular weight is 641 g/mol. The molecule has 0 saturated heterocycles. The van der Waals surface area contributed by atoms with Crippen LogP contribution in [-0.4, -0.2) is 89.0 Å². The third-order valence-corrected chi connectivity index (χ3v) is 8.53. The average Bonchev–Trinajstić information content (AvgIpc) is 3.50. The van der Waals surface area contributed by atoms with Crippen molar-refractivity contribution in [1.29, 1.82) is 5.26 Å². The van der Waals surface area contributed by atoms with Crippen LogP contribution in [0.3, 0.4) is 0 Å². The minimum atomic E-state index is -0.668. The molecule has 10 nitrogen and oxygen atoms in total. The summed E-state index contributed by atoms with van der Waals surface area (Å²) in [6.07, 6.45) is 5.98. The third-order valence-electron chi connectivity index (χ3n) is 7.89. The Morgan fingerprint density at radius 2 is 1.85 bits per heavy atom. The Morgan fingerprint density at radius 3 is 2.59 bits per heavy atom. The van der Waals surface area contributed by atoms with Gasteiger partial charge in [0, 0.05) is 45.1 Å². The largest absolute Gasteiger partial charge is 0.467 e. The van der Waals surface area contributed by atoms with Gasteiger partial charge in [-0.1, -0.05) is 54.6 Å². The van der Waals surface area contributed by atoms with E-state index in [4.69, 9.17) is 10.00 Å². The molecule has 1 aromatic heterocycles. The molecule has 0 radical (unpaired) electrons. The van der Waals surface area contributed by atoms with Crippen LogP contribution in [0.1, 0.15) is 28.8 Å². The fourth-order valence-electron chi connectivity index (χ4n) is 5.30. The SMILES string of the molecule is COC(=O)[C@H](CCSC)N(C)C(=O)CN(CCNC(=O)Cc1cncn1Cc1ccc(C#N)cc1)Cc1cccc2ccccc12. The molecular weight excluding hydrogens is 600 g/mol. The molecule has 4 rings (SSSR count). The Labute approximate surface area is 274 Å². The van der Waals surface area contributed by atoms with Crippen molar-refractivity contribution in [3.05, 3.63) is 102 Å². The van der Waals surface area contributed by atoms with Crippen molar-refractivity contribution in [2.24, 2.45) is 0 Å². The third kappa shape index (κ3) is 9.42. The highest BCUT2D eigenvalue weighted by Crippen LogP contribution is 2.20. The van der Waals surface area contributed by atoms with E-state index in [1.54, 1.807) is 43.5 Å². The molecule has 1 N–H and O–H groups in total. The Morgan fingerprint density at radius 1 is 1.09 bits per heavy atom. The van der Waals surface area contributed by atoms with Gasteiger partial charge in [-0.2, -0.15) is 17.0 Å². The standard InChI is InChI=1S/C35H40N6O4S/c1-39(32(15-18-46-3)35(44)45-2)34(43)24-40(23-29-9-6-8-28-7-4-5-10-31(28)29)17-16-38-33(42)19-30-21-37-25-41(30)22-27-13-11-26(20-36)12-14-27/h4-14,21,25,32H,15-19,22-24H2,1-3H3,(H,38,42)/t32-/m0/s1. The summed E-state index contributed by atoms with van der Waals surface area (Å²) in [7, 11) is 2.98. The van der Waals surface area contributed by atoms with Crippen LogP contribution < -0.4 is 5.32 Å². The first-order valence-electron chi connectivity index (χ1n) is 15.1. The number of ether oxygens (including phenoxy) is 1. The second-order valence-electron chi connectivity index (χ2n) is 11.0. The quantitative estimate of drug-likeness (QED) is 0.183. The Bertz CT molecular complexity index is 1660. The summed E-state index contributed by atoms with van der Waals surface area (Å²) >= 11 is 1.61. The molecule has 0 saturated carbocycles. The van der Waals surface area contributed by atoms with Gasteiger partial charge in [-0.15, -0.1) is 0 Å². The second-order valence-corrected chi connectivity index (χ2v) is 12.0. The number of methoxy groups -OCH3 is 1. The van der Waals surface area contributed by atoms with Crippen LogP contribution in [0.5, 0.6) is 0 Å².